The lowest BCUT2D eigenvalue weighted by atomic mass is 9.84. The molecule has 1 N–H and O–H groups in total. The van der Waals surface area contributed by atoms with E-state index in [1.807, 2.05) is 0 Å². The molecule has 0 saturated heterocycles. The van der Waals surface area contributed by atoms with Crippen LogP contribution >= 0.6 is 0 Å². The summed E-state index contributed by atoms with van der Waals surface area (Å²) in [5, 5.41) is 14.5. The van der Waals surface area contributed by atoms with Gasteiger partial charge in [0.05, 0.1) is 0 Å². The number of alkyl halides is 2. The number of benzene rings is 2. The van der Waals surface area contributed by atoms with Crippen molar-refractivity contribution in [2.45, 2.75) is 11.6 Å². The highest BCUT2D eigenvalue weighted by molar-refractivity contribution is 5.37. The fraction of sp³-hybridized carbons (Fsp3) is 0.125. The molecule has 6 heteroatoms. The van der Waals surface area contributed by atoms with Crippen molar-refractivity contribution in [2.75, 3.05) is 0 Å². The van der Waals surface area contributed by atoms with E-state index >= 15 is 8.78 Å². The van der Waals surface area contributed by atoms with Crippen LogP contribution in [-0.4, -0.2) is 19.9 Å². The van der Waals surface area contributed by atoms with E-state index in [1.165, 1.54) is 24.3 Å². The molecule has 0 atom stereocenters. The lowest BCUT2D eigenvalue weighted by molar-refractivity contribution is -0.228. The van der Waals surface area contributed by atoms with Gasteiger partial charge in [-0.3, -0.25) is 0 Å². The van der Waals surface area contributed by atoms with Crippen molar-refractivity contribution >= 4 is 0 Å². The Morgan fingerprint density at radius 1 is 0.864 bits per heavy atom. The molecular formula is C16H13F2N3O. The van der Waals surface area contributed by atoms with Gasteiger partial charge in [0.1, 0.15) is 12.7 Å². The summed E-state index contributed by atoms with van der Waals surface area (Å²) in [6.07, 6.45) is 1.89. The Kier molecular flexibility index (Phi) is 3.46. The topological polar surface area (TPSA) is 50.9 Å². The maximum atomic E-state index is 15.0. The Bertz CT molecular complexity index is 691. The van der Waals surface area contributed by atoms with Gasteiger partial charge in [-0.25, -0.2) is 4.98 Å². The quantitative estimate of drug-likeness (QED) is 0.806. The number of rotatable bonds is 4. The predicted octanol–water partition coefficient (Wildman–Crippen LogP) is 2.76. The van der Waals surface area contributed by atoms with Crippen LogP contribution < -0.4 is 0 Å². The van der Waals surface area contributed by atoms with Crippen LogP contribution in [0.3, 0.4) is 0 Å². The zero-order valence-electron chi connectivity index (χ0n) is 11.5. The summed E-state index contributed by atoms with van der Waals surface area (Å²) in [5.74, 6) is 0. The summed E-state index contributed by atoms with van der Waals surface area (Å²) in [5.41, 5.74) is -2.42. The summed E-state index contributed by atoms with van der Waals surface area (Å²) in [4.78, 5) is 3.55. The van der Waals surface area contributed by atoms with Gasteiger partial charge < -0.3 is 5.11 Å². The second-order valence-corrected chi connectivity index (χ2v) is 4.82. The van der Waals surface area contributed by atoms with Crippen molar-refractivity contribution in [1.82, 2.24) is 14.8 Å². The molecule has 112 valence electrons. The standard InChI is InChI=1S/C16H13F2N3O/c17-16(18,21-12-19-11-20-21)15(22,13-7-3-1-4-8-13)14-9-5-2-6-10-14/h1-12,22H. The number of aromatic nitrogens is 3. The minimum atomic E-state index is -3.72. The molecule has 0 radical (unpaired) electrons. The van der Waals surface area contributed by atoms with Crippen LogP contribution in [0.25, 0.3) is 0 Å². The van der Waals surface area contributed by atoms with Crippen LogP contribution in [0.15, 0.2) is 73.3 Å². The molecule has 22 heavy (non-hydrogen) atoms. The lowest BCUT2D eigenvalue weighted by Gasteiger charge is -2.36. The number of hydrogen-bond donors (Lipinski definition) is 1. The van der Waals surface area contributed by atoms with Crippen molar-refractivity contribution in [3.8, 4) is 0 Å². The van der Waals surface area contributed by atoms with Gasteiger partial charge in [-0.15, -0.1) is 0 Å². The largest absolute Gasteiger partial charge is 0.381 e. The maximum absolute atomic E-state index is 15.0. The smallest absolute Gasteiger partial charge is 0.373 e. The summed E-state index contributed by atoms with van der Waals surface area (Å²) in [7, 11) is 0. The summed E-state index contributed by atoms with van der Waals surface area (Å²) in [6, 6.07) is 11.9. The fourth-order valence-corrected chi connectivity index (χ4v) is 2.39. The third kappa shape index (κ3) is 2.08. The molecule has 1 heterocycles. The Labute approximate surface area is 125 Å². The van der Waals surface area contributed by atoms with Gasteiger partial charge in [0, 0.05) is 0 Å². The number of nitrogens with zero attached hydrogens (tertiary/aromatic N) is 3. The molecular weight excluding hydrogens is 288 g/mol. The first kappa shape index (κ1) is 14.3. The van der Waals surface area contributed by atoms with E-state index in [-0.39, 0.29) is 11.1 Å². The van der Waals surface area contributed by atoms with Crippen LogP contribution in [0.1, 0.15) is 11.1 Å². The molecule has 0 saturated carbocycles. The monoisotopic (exact) mass is 301 g/mol. The van der Waals surface area contributed by atoms with Crippen molar-refractivity contribution in [1.29, 1.82) is 0 Å². The third-order valence-corrected chi connectivity index (χ3v) is 3.52. The van der Waals surface area contributed by atoms with Crippen LogP contribution in [0.5, 0.6) is 0 Å². The van der Waals surface area contributed by atoms with Crippen molar-refractivity contribution in [3.63, 3.8) is 0 Å². The van der Waals surface area contributed by atoms with E-state index in [1.54, 1.807) is 36.4 Å². The van der Waals surface area contributed by atoms with E-state index in [0.29, 0.717) is 4.68 Å². The van der Waals surface area contributed by atoms with Crippen molar-refractivity contribution < 1.29 is 13.9 Å². The van der Waals surface area contributed by atoms with Crippen LogP contribution in [-0.2, 0) is 11.6 Å². The van der Waals surface area contributed by atoms with Gasteiger partial charge in [0.15, 0.2) is 0 Å². The number of hydrogen-bond acceptors (Lipinski definition) is 3. The summed E-state index contributed by atoms with van der Waals surface area (Å²) >= 11 is 0. The fourth-order valence-electron chi connectivity index (χ4n) is 2.39. The normalized spacial score (nSPS) is 12.3. The van der Waals surface area contributed by atoms with Gasteiger partial charge in [0.25, 0.3) is 0 Å². The zero-order chi connectivity index (χ0) is 15.6. The van der Waals surface area contributed by atoms with Crippen LogP contribution in [0, 0.1) is 0 Å². The van der Waals surface area contributed by atoms with Gasteiger partial charge in [-0.2, -0.15) is 18.6 Å². The molecule has 1 aromatic heterocycles. The van der Waals surface area contributed by atoms with Crippen LogP contribution in [0.4, 0.5) is 8.78 Å². The first-order valence-corrected chi connectivity index (χ1v) is 6.63. The minimum absolute atomic E-state index is 0.0710. The zero-order valence-corrected chi connectivity index (χ0v) is 11.5. The number of halogens is 2. The molecule has 0 aliphatic heterocycles. The Hall–Kier alpha value is -2.60. The number of aliphatic hydroxyl groups is 1. The second kappa shape index (κ2) is 5.31. The predicted molar refractivity (Wildman–Crippen MR) is 76.1 cm³/mol. The molecule has 4 nitrogen and oxygen atoms in total. The van der Waals surface area contributed by atoms with Crippen molar-refractivity contribution in [3.05, 3.63) is 84.4 Å². The minimum Gasteiger partial charge on any atom is -0.373 e. The molecule has 0 amide bonds. The first-order valence-electron chi connectivity index (χ1n) is 6.63. The van der Waals surface area contributed by atoms with Crippen molar-refractivity contribution in [2.24, 2.45) is 0 Å². The molecule has 0 bridgehead atoms. The molecule has 0 aliphatic rings. The molecule has 0 unspecified atom stereocenters. The molecule has 0 aliphatic carbocycles. The first-order chi connectivity index (χ1) is 10.6. The maximum Gasteiger partial charge on any atom is 0.381 e. The average molecular weight is 301 g/mol. The summed E-state index contributed by atoms with van der Waals surface area (Å²) in [6.45, 7) is 0. The van der Waals surface area contributed by atoms with E-state index in [4.69, 9.17) is 0 Å². The highest BCUT2D eigenvalue weighted by Gasteiger charge is 2.57. The van der Waals surface area contributed by atoms with Gasteiger partial charge in [-0.05, 0) is 11.1 Å². The van der Waals surface area contributed by atoms with E-state index in [9.17, 15) is 5.11 Å². The van der Waals surface area contributed by atoms with Gasteiger partial charge in [-0.1, -0.05) is 60.7 Å². The van der Waals surface area contributed by atoms with E-state index in [0.717, 1.165) is 12.7 Å². The average Bonchev–Trinajstić information content (AvgIpc) is 3.11. The highest BCUT2D eigenvalue weighted by Crippen LogP contribution is 2.45. The third-order valence-electron chi connectivity index (χ3n) is 3.52. The molecule has 0 spiro atoms. The Morgan fingerprint density at radius 3 is 1.77 bits per heavy atom. The molecule has 3 rings (SSSR count). The summed E-state index contributed by atoms with van der Waals surface area (Å²) < 4.78 is 30.4. The van der Waals surface area contributed by atoms with E-state index < -0.39 is 11.6 Å². The highest BCUT2D eigenvalue weighted by atomic mass is 19.3. The Balaban J connectivity index is 2.25. The lowest BCUT2D eigenvalue weighted by Crippen LogP contribution is -2.48. The van der Waals surface area contributed by atoms with Crippen LogP contribution in [0.2, 0.25) is 0 Å². The van der Waals surface area contributed by atoms with E-state index in [2.05, 4.69) is 10.1 Å². The van der Waals surface area contributed by atoms with Gasteiger partial charge in [0.2, 0.25) is 5.60 Å². The molecule has 2 aromatic carbocycles. The second-order valence-electron chi connectivity index (χ2n) is 4.82. The van der Waals surface area contributed by atoms with Gasteiger partial charge >= 0.3 is 6.05 Å². The SMILES string of the molecule is OC(c1ccccc1)(c1ccccc1)C(F)(F)n1cncn1. The molecule has 0 fully saturated rings. The Morgan fingerprint density at radius 2 is 1.36 bits per heavy atom. The molecule has 3 aromatic rings.